The van der Waals surface area contributed by atoms with Crippen LogP contribution in [0.3, 0.4) is 0 Å². The lowest BCUT2D eigenvalue weighted by atomic mass is 9.79. The second-order valence-electron chi connectivity index (χ2n) is 9.99. The Morgan fingerprint density at radius 3 is 2.76 bits per heavy atom. The number of para-hydroxylation sites is 1. The highest BCUT2D eigenvalue weighted by Crippen LogP contribution is 2.47. The van der Waals surface area contributed by atoms with Gasteiger partial charge in [0.1, 0.15) is 5.75 Å². The maximum atomic E-state index is 12.0. The number of thiazole rings is 1. The van der Waals surface area contributed by atoms with Gasteiger partial charge in [0.15, 0.2) is 5.82 Å². The zero-order valence-electron chi connectivity index (χ0n) is 21.0. The molecular formula is C29H29N5O2S. The average Bonchev–Trinajstić information content (AvgIpc) is 3.54. The van der Waals surface area contributed by atoms with Crippen molar-refractivity contribution in [1.82, 2.24) is 14.9 Å². The molecule has 188 valence electrons. The maximum absolute atomic E-state index is 12.0. The lowest BCUT2D eigenvalue weighted by molar-refractivity contribution is -0.136. The summed E-state index contributed by atoms with van der Waals surface area (Å²) in [4.78, 5) is 26.9. The van der Waals surface area contributed by atoms with Gasteiger partial charge in [-0.05, 0) is 37.1 Å². The van der Waals surface area contributed by atoms with E-state index in [0.29, 0.717) is 5.69 Å². The molecule has 0 radical (unpaired) electrons. The molecule has 4 aromatic rings. The average molecular weight is 512 g/mol. The molecule has 2 saturated heterocycles. The summed E-state index contributed by atoms with van der Waals surface area (Å²) in [7, 11) is 1.68. The molecule has 2 aliphatic rings. The number of nitrogen functional groups attached to an aromatic ring is 1. The van der Waals surface area contributed by atoms with Crippen molar-refractivity contribution in [3.05, 3.63) is 66.3 Å². The van der Waals surface area contributed by atoms with Gasteiger partial charge in [-0.25, -0.2) is 9.97 Å². The number of hydrogen-bond donors (Lipinski definition) is 1. The zero-order chi connectivity index (χ0) is 25.7. The number of aryl methyl sites for hydroxylation is 1. The van der Waals surface area contributed by atoms with Crippen LogP contribution in [0.1, 0.15) is 12.1 Å². The number of ether oxygens (including phenoxy) is 1. The van der Waals surface area contributed by atoms with Crippen molar-refractivity contribution < 1.29 is 9.53 Å². The third kappa shape index (κ3) is 3.83. The van der Waals surface area contributed by atoms with E-state index >= 15 is 0 Å². The Morgan fingerprint density at radius 1 is 1.22 bits per heavy atom. The number of aromatic nitrogens is 2. The minimum absolute atomic E-state index is 0.00299. The first-order chi connectivity index (χ1) is 17.9. The maximum Gasteiger partial charge on any atom is 0.245 e. The minimum Gasteiger partial charge on any atom is -0.496 e. The van der Waals surface area contributed by atoms with Gasteiger partial charge in [-0.3, -0.25) is 4.79 Å². The highest BCUT2D eigenvalue weighted by Gasteiger charge is 2.49. The number of carbonyl (C=O) groups excluding carboxylic acids is 1. The first kappa shape index (κ1) is 23.5. The smallest absolute Gasteiger partial charge is 0.245 e. The summed E-state index contributed by atoms with van der Waals surface area (Å²) in [5.41, 5.74) is 14.4. The monoisotopic (exact) mass is 511 g/mol. The quantitative estimate of drug-likeness (QED) is 0.373. The van der Waals surface area contributed by atoms with Gasteiger partial charge < -0.3 is 20.3 Å². The molecule has 0 aliphatic carbocycles. The van der Waals surface area contributed by atoms with E-state index in [1.165, 1.54) is 6.08 Å². The number of amides is 1. The molecule has 0 saturated carbocycles. The van der Waals surface area contributed by atoms with E-state index in [-0.39, 0.29) is 11.3 Å². The van der Waals surface area contributed by atoms with Gasteiger partial charge in [0, 0.05) is 48.1 Å². The SMILES string of the molecule is C=CC(=O)N1CC2(CCN(c3nc4cc(-c5scnc5C)ccc4c(-c4ccccc4OC)c3N)C2)C1. The molecule has 2 fully saturated rings. The number of carbonyl (C=O) groups is 1. The van der Waals surface area contributed by atoms with Crippen molar-refractivity contribution in [2.45, 2.75) is 13.3 Å². The molecule has 7 nitrogen and oxygen atoms in total. The third-order valence-electron chi connectivity index (χ3n) is 7.66. The fraction of sp³-hybridized carbons (Fsp3) is 0.276. The number of nitrogens with two attached hydrogens (primary N) is 1. The molecule has 1 spiro atoms. The van der Waals surface area contributed by atoms with Crippen LogP contribution < -0.4 is 15.4 Å². The molecule has 2 aliphatic heterocycles. The van der Waals surface area contributed by atoms with E-state index in [1.807, 2.05) is 41.6 Å². The highest BCUT2D eigenvalue weighted by molar-refractivity contribution is 7.13. The minimum atomic E-state index is -0.00299. The van der Waals surface area contributed by atoms with E-state index in [0.717, 1.165) is 82.3 Å². The van der Waals surface area contributed by atoms with E-state index in [9.17, 15) is 4.79 Å². The van der Waals surface area contributed by atoms with Crippen molar-refractivity contribution in [3.63, 3.8) is 0 Å². The van der Waals surface area contributed by atoms with Gasteiger partial charge in [-0.15, -0.1) is 11.3 Å². The van der Waals surface area contributed by atoms with Crippen molar-refractivity contribution in [3.8, 4) is 27.3 Å². The molecular weight excluding hydrogens is 482 g/mol. The van der Waals surface area contributed by atoms with Crippen LogP contribution in [0.5, 0.6) is 5.75 Å². The Hall–Kier alpha value is -3.91. The fourth-order valence-corrected chi connectivity index (χ4v) is 6.59. The number of nitrogens with zero attached hydrogens (tertiary/aromatic N) is 4. The Morgan fingerprint density at radius 2 is 2.03 bits per heavy atom. The summed E-state index contributed by atoms with van der Waals surface area (Å²) in [6, 6.07) is 14.3. The van der Waals surface area contributed by atoms with Gasteiger partial charge in [0.2, 0.25) is 5.91 Å². The van der Waals surface area contributed by atoms with E-state index in [1.54, 1.807) is 18.4 Å². The van der Waals surface area contributed by atoms with E-state index in [2.05, 4.69) is 34.7 Å². The number of fused-ring (bicyclic) bond motifs is 1. The van der Waals surface area contributed by atoms with Crippen molar-refractivity contribution in [2.24, 2.45) is 5.41 Å². The van der Waals surface area contributed by atoms with Gasteiger partial charge >= 0.3 is 0 Å². The van der Waals surface area contributed by atoms with Crippen LogP contribution in [0.4, 0.5) is 11.5 Å². The summed E-state index contributed by atoms with van der Waals surface area (Å²) >= 11 is 1.63. The lowest BCUT2D eigenvalue weighted by Gasteiger charge is -2.47. The number of hydrogen-bond acceptors (Lipinski definition) is 7. The Bertz CT molecular complexity index is 1540. The van der Waals surface area contributed by atoms with Crippen LogP contribution in [0.2, 0.25) is 0 Å². The van der Waals surface area contributed by atoms with Crippen LogP contribution >= 0.6 is 11.3 Å². The summed E-state index contributed by atoms with van der Waals surface area (Å²) in [6.45, 7) is 8.80. The number of methoxy groups -OCH3 is 1. The normalized spacial score (nSPS) is 16.3. The number of likely N-dealkylation sites (tertiary alicyclic amines) is 1. The molecule has 6 rings (SSSR count). The van der Waals surface area contributed by atoms with Gasteiger partial charge in [0.25, 0.3) is 0 Å². The third-order valence-corrected chi connectivity index (χ3v) is 8.64. The van der Waals surface area contributed by atoms with E-state index in [4.69, 9.17) is 15.5 Å². The second-order valence-corrected chi connectivity index (χ2v) is 10.8. The number of pyridine rings is 1. The molecule has 0 unspecified atom stereocenters. The highest BCUT2D eigenvalue weighted by atomic mass is 32.1. The van der Waals surface area contributed by atoms with Gasteiger partial charge in [0.05, 0.1) is 34.4 Å². The number of rotatable bonds is 5. The van der Waals surface area contributed by atoms with Crippen LogP contribution in [0.25, 0.3) is 32.5 Å². The molecule has 2 aromatic heterocycles. The summed E-state index contributed by atoms with van der Waals surface area (Å²) in [5.74, 6) is 1.55. The zero-order valence-corrected chi connectivity index (χ0v) is 21.8. The standard InChI is InChI=1S/C29H29N5O2S/c1-4-24(35)34-15-29(16-34)11-12-33(14-29)28-26(30)25(21-7-5-6-8-23(21)36-3)20-10-9-19(13-22(20)32-28)27-18(2)31-17-37-27/h4-10,13,17H,1,11-12,14-16,30H2,2-3H3. The summed E-state index contributed by atoms with van der Waals surface area (Å²) < 4.78 is 5.73. The summed E-state index contributed by atoms with van der Waals surface area (Å²) in [6.07, 6.45) is 2.39. The molecule has 2 aromatic carbocycles. The second kappa shape index (κ2) is 8.88. The number of benzene rings is 2. The Balaban J connectivity index is 1.48. The van der Waals surface area contributed by atoms with Crippen LogP contribution in [-0.4, -0.2) is 54.1 Å². The molecule has 2 N–H and O–H groups in total. The van der Waals surface area contributed by atoms with Gasteiger partial charge in [-0.2, -0.15) is 0 Å². The fourth-order valence-electron chi connectivity index (χ4n) is 5.79. The Kier molecular flexibility index (Phi) is 5.64. The van der Waals surface area contributed by atoms with Crippen LogP contribution in [0, 0.1) is 12.3 Å². The topological polar surface area (TPSA) is 84.6 Å². The van der Waals surface area contributed by atoms with Crippen molar-refractivity contribution >= 4 is 39.7 Å². The largest absolute Gasteiger partial charge is 0.496 e. The molecule has 1 amide bonds. The van der Waals surface area contributed by atoms with E-state index < -0.39 is 0 Å². The van der Waals surface area contributed by atoms with Gasteiger partial charge in [-0.1, -0.05) is 36.9 Å². The molecule has 4 heterocycles. The predicted molar refractivity (Wildman–Crippen MR) is 150 cm³/mol. The molecule has 0 bridgehead atoms. The molecule has 8 heteroatoms. The lowest BCUT2D eigenvalue weighted by Crippen LogP contribution is -2.59. The van der Waals surface area contributed by atoms with Crippen molar-refractivity contribution in [2.75, 3.05) is 43.9 Å². The summed E-state index contributed by atoms with van der Waals surface area (Å²) in [5, 5.41) is 0.983. The molecule has 37 heavy (non-hydrogen) atoms. The first-order valence-electron chi connectivity index (χ1n) is 12.4. The van der Waals surface area contributed by atoms with Crippen LogP contribution in [-0.2, 0) is 4.79 Å². The van der Waals surface area contributed by atoms with Crippen LogP contribution in [0.15, 0.2) is 60.6 Å². The van der Waals surface area contributed by atoms with Crippen molar-refractivity contribution in [1.29, 1.82) is 0 Å². The molecule has 0 atom stereocenters. The Labute approximate surface area is 220 Å². The predicted octanol–water partition coefficient (Wildman–Crippen LogP) is 5.15. The number of anilines is 2. The first-order valence-corrected chi connectivity index (χ1v) is 13.2.